The molecule has 178 valence electrons. The van der Waals surface area contributed by atoms with E-state index in [1.165, 1.54) is 32.1 Å². The van der Waals surface area contributed by atoms with Crippen LogP contribution in [-0.2, 0) is 14.3 Å². The summed E-state index contributed by atoms with van der Waals surface area (Å²) in [7, 11) is 0. The SMILES string of the molecule is CCOC(=O)NC(=N[C@@H](CCC1CCCCC1)C(=O)NC1(C#N)CCC1)N1CCOCC1. The van der Waals surface area contributed by atoms with Crippen LogP contribution in [0.2, 0.25) is 0 Å². The van der Waals surface area contributed by atoms with E-state index in [1.807, 2.05) is 4.90 Å². The average molecular weight is 448 g/mol. The van der Waals surface area contributed by atoms with Gasteiger partial charge in [-0.3, -0.25) is 10.1 Å². The summed E-state index contributed by atoms with van der Waals surface area (Å²) < 4.78 is 10.5. The van der Waals surface area contributed by atoms with E-state index in [0.29, 0.717) is 57.4 Å². The highest BCUT2D eigenvalue weighted by molar-refractivity contribution is 5.96. The third kappa shape index (κ3) is 6.83. The van der Waals surface area contributed by atoms with E-state index in [4.69, 9.17) is 14.5 Å². The molecule has 1 atom stereocenters. The highest BCUT2D eigenvalue weighted by atomic mass is 16.5. The average Bonchev–Trinajstić information content (AvgIpc) is 2.79. The van der Waals surface area contributed by atoms with Crippen molar-refractivity contribution in [2.24, 2.45) is 10.9 Å². The van der Waals surface area contributed by atoms with Crippen LogP contribution in [0.3, 0.4) is 0 Å². The lowest BCUT2D eigenvalue weighted by Gasteiger charge is -2.37. The molecule has 3 rings (SSSR count). The van der Waals surface area contributed by atoms with Crippen molar-refractivity contribution in [3.05, 3.63) is 0 Å². The van der Waals surface area contributed by atoms with Gasteiger partial charge in [0, 0.05) is 13.1 Å². The Labute approximate surface area is 190 Å². The molecule has 2 aliphatic carbocycles. The van der Waals surface area contributed by atoms with Gasteiger partial charge in [0.05, 0.1) is 25.9 Å². The number of alkyl carbamates (subject to hydrolysis) is 1. The molecule has 2 N–H and O–H groups in total. The number of nitrogens with one attached hydrogen (secondary N) is 2. The van der Waals surface area contributed by atoms with Gasteiger partial charge >= 0.3 is 6.09 Å². The zero-order valence-corrected chi connectivity index (χ0v) is 19.2. The molecular formula is C23H37N5O4. The number of nitrogens with zero attached hydrogens (tertiary/aromatic N) is 3. The maximum atomic E-state index is 13.3. The van der Waals surface area contributed by atoms with Gasteiger partial charge < -0.3 is 19.7 Å². The van der Waals surface area contributed by atoms with Gasteiger partial charge in [0.25, 0.3) is 0 Å². The molecule has 2 saturated carbocycles. The fraction of sp³-hybridized carbons (Fsp3) is 0.826. The molecule has 1 saturated heterocycles. The van der Waals surface area contributed by atoms with Crippen LogP contribution >= 0.6 is 0 Å². The molecule has 2 amide bonds. The standard InChI is InChI=1S/C23H37N5O4/c1-2-32-22(30)26-21(28-13-15-31-16-14-28)25-19(10-9-18-7-4-3-5-8-18)20(29)27-23(17-24)11-6-12-23/h18-19H,2-16H2,1H3,(H,27,29)(H,25,26,30)/t19-/m0/s1. The minimum atomic E-state index is -0.774. The van der Waals surface area contributed by atoms with Crippen LogP contribution in [0, 0.1) is 17.2 Å². The van der Waals surface area contributed by atoms with Crippen molar-refractivity contribution >= 4 is 18.0 Å². The third-order valence-electron chi connectivity index (χ3n) is 6.74. The summed E-state index contributed by atoms with van der Waals surface area (Å²) in [4.78, 5) is 32.1. The van der Waals surface area contributed by atoms with E-state index in [0.717, 1.165) is 12.8 Å². The van der Waals surface area contributed by atoms with Crippen molar-refractivity contribution in [2.45, 2.75) is 82.7 Å². The first-order valence-corrected chi connectivity index (χ1v) is 12.1. The molecular weight excluding hydrogens is 410 g/mol. The molecule has 0 bridgehead atoms. The molecule has 9 heteroatoms. The van der Waals surface area contributed by atoms with E-state index in [-0.39, 0.29) is 12.5 Å². The lowest BCUT2D eigenvalue weighted by Crippen LogP contribution is -2.55. The van der Waals surface area contributed by atoms with E-state index in [1.54, 1.807) is 6.92 Å². The molecule has 32 heavy (non-hydrogen) atoms. The van der Waals surface area contributed by atoms with E-state index in [9.17, 15) is 14.9 Å². The summed E-state index contributed by atoms with van der Waals surface area (Å²) in [5.74, 6) is 0.710. The summed E-state index contributed by atoms with van der Waals surface area (Å²) in [6.07, 6.45) is 9.36. The van der Waals surface area contributed by atoms with Crippen molar-refractivity contribution in [3.8, 4) is 6.07 Å². The van der Waals surface area contributed by atoms with Crippen molar-refractivity contribution < 1.29 is 19.1 Å². The second-order valence-electron chi connectivity index (χ2n) is 9.03. The smallest absolute Gasteiger partial charge is 0.413 e. The van der Waals surface area contributed by atoms with Crippen molar-refractivity contribution in [1.82, 2.24) is 15.5 Å². The van der Waals surface area contributed by atoms with Crippen molar-refractivity contribution in [3.63, 3.8) is 0 Å². The van der Waals surface area contributed by atoms with Gasteiger partial charge in [0.2, 0.25) is 11.9 Å². The first kappa shape index (κ1) is 24.3. The maximum absolute atomic E-state index is 13.3. The second-order valence-corrected chi connectivity index (χ2v) is 9.03. The van der Waals surface area contributed by atoms with Gasteiger partial charge in [0.15, 0.2) is 0 Å². The number of hydrogen-bond donors (Lipinski definition) is 2. The van der Waals surface area contributed by atoms with Crippen molar-refractivity contribution in [1.29, 1.82) is 5.26 Å². The summed E-state index contributed by atoms with van der Waals surface area (Å²) in [6, 6.07) is 1.61. The van der Waals surface area contributed by atoms with Crippen LogP contribution in [0.15, 0.2) is 4.99 Å². The molecule has 1 aliphatic heterocycles. The maximum Gasteiger partial charge on any atom is 0.413 e. The quantitative estimate of drug-likeness (QED) is 0.458. The Kier molecular flexibility index (Phi) is 9.15. The Morgan fingerprint density at radius 2 is 1.94 bits per heavy atom. The molecule has 0 unspecified atom stereocenters. The normalized spacial score (nSPS) is 22.2. The van der Waals surface area contributed by atoms with Crippen LogP contribution in [0.25, 0.3) is 0 Å². The largest absolute Gasteiger partial charge is 0.450 e. The molecule has 3 fully saturated rings. The fourth-order valence-electron chi connectivity index (χ4n) is 4.61. The summed E-state index contributed by atoms with van der Waals surface area (Å²) in [6.45, 7) is 4.19. The molecule has 0 aromatic rings. The number of rotatable bonds is 7. The van der Waals surface area contributed by atoms with Crippen molar-refractivity contribution in [2.75, 3.05) is 32.9 Å². The lowest BCUT2D eigenvalue weighted by atomic mass is 9.77. The highest BCUT2D eigenvalue weighted by Gasteiger charge is 2.40. The Bertz CT molecular complexity index is 704. The Morgan fingerprint density at radius 3 is 2.53 bits per heavy atom. The van der Waals surface area contributed by atoms with Crippen LogP contribution in [0.5, 0.6) is 0 Å². The fourth-order valence-corrected chi connectivity index (χ4v) is 4.61. The number of aliphatic imine (C=N–C) groups is 1. The molecule has 0 aromatic carbocycles. The van der Waals surface area contributed by atoms with E-state index < -0.39 is 17.7 Å². The van der Waals surface area contributed by atoms with Gasteiger partial charge in [-0.15, -0.1) is 0 Å². The molecule has 9 nitrogen and oxygen atoms in total. The number of guanidine groups is 1. The predicted octanol–water partition coefficient (Wildman–Crippen LogP) is 2.71. The highest BCUT2D eigenvalue weighted by Crippen LogP contribution is 2.32. The van der Waals surface area contributed by atoms with Crippen LogP contribution < -0.4 is 10.6 Å². The van der Waals surface area contributed by atoms with Gasteiger partial charge in [0.1, 0.15) is 11.6 Å². The molecule has 1 heterocycles. The molecule has 0 spiro atoms. The number of ether oxygens (including phenoxy) is 2. The summed E-state index contributed by atoms with van der Waals surface area (Å²) in [5, 5.41) is 15.3. The van der Waals surface area contributed by atoms with E-state index in [2.05, 4.69) is 16.7 Å². The molecule has 3 aliphatic rings. The monoisotopic (exact) mass is 447 g/mol. The minimum Gasteiger partial charge on any atom is -0.450 e. The number of carbonyl (C=O) groups excluding carboxylic acids is 2. The topological polar surface area (TPSA) is 116 Å². The Morgan fingerprint density at radius 1 is 1.22 bits per heavy atom. The zero-order valence-electron chi connectivity index (χ0n) is 19.2. The third-order valence-corrected chi connectivity index (χ3v) is 6.74. The first-order valence-electron chi connectivity index (χ1n) is 12.1. The number of carbonyl (C=O) groups is 2. The predicted molar refractivity (Wildman–Crippen MR) is 120 cm³/mol. The number of amides is 2. The molecule has 0 radical (unpaired) electrons. The number of hydrogen-bond acceptors (Lipinski definition) is 6. The van der Waals surface area contributed by atoms with Gasteiger partial charge in [-0.1, -0.05) is 32.1 Å². The van der Waals surface area contributed by atoms with Gasteiger partial charge in [-0.05, 0) is 44.9 Å². The second kappa shape index (κ2) is 12.0. The van der Waals surface area contributed by atoms with Crippen LogP contribution in [0.4, 0.5) is 4.79 Å². The first-order chi connectivity index (χ1) is 15.5. The lowest BCUT2D eigenvalue weighted by molar-refractivity contribution is -0.124. The van der Waals surface area contributed by atoms with Crippen LogP contribution in [0.1, 0.15) is 71.1 Å². The molecule has 0 aromatic heterocycles. The van der Waals surface area contributed by atoms with Gasteiger partial charge in [-0.2, -0.15) is 5.26 Å². The van der Waals surface area contributed by atoms with E-state index >= 15 is 0 Å². The minimum absolute atomic E-state index is 0.238. The number of morpholine rings is 1. The van der Waals surface area contributed by atoms with Crippen LogP contribution in [-0.4, -0.2) is 67.4 Å². The Hall–Kier alpha value is -2.34. The Balaban J connectivity index is 1.77. The number of nitriles is 1. The van der Waals surface area contributed by atoms with Gasteiger partial charge in [-0.25, -0.2) is 9.79 Å². The summed E-state index contributed by atoms with van der Waals surface area (Å²) >= 11 is 0. The zero-order chi connectivity index (χ0) is 22.8. The summed E-state index contributed by atoms with van der Waals surface area (Å²) in [5.41, 5.74) is -0.774.